The molecule has 0 spiro atoms. The van der Waals surface area contributed by atoms with Crippen molar-refractivity contribution < 1.29 is 4.42 Å². The van der Waals surface area contributed by atoms with Gasteiger partial charge in [0.1, 0.15) is 12.0 Å². The van der Waals surface area contributed by atoms with Crippen molar-refractivity contribution in [2.75, 3.05) is 6.54 Å². The molecule has 0 saturated carbocycles. The zero-order valence-electron chi connectivity index (χ0n) is 9.32. The highest BCUT2D eigenvalue weighted by molar-refractivity contribution is 9.10. The van der Waals surface area contributed by atoms with Crippen molar-refractivity contribution in [2.24, 2.45) is 0 Å². The van der Waals surface area contributed by atoms with Crippen molar-refractivity contribution in [3.05, 3.63) is 40.9 Å². The highest BCUT2D eigenvalue weighted by atomic mass is 79.9. The second-order valence-electron chi connectivity index (χ2n) is 4.20. The van der Waals surface area contributed by atoms with Gasteiger partial charge in [0, 0.05) is 10.0 Å². The SMILES string of the molecule is Brc1ccccc1-c1coc(C2CCCN2)n1. The maximum atomic E-state index is 5.56. The minimum atomic E-state index is 0.284. The van der Waals surface area contributed by atoms with Crippen molar-refractivity contribution in [1.29, 1.82) is 0 Å². The van der Waals surface area contributed by atoms with Crippen LogP contribution in [0.2, 0.25) is 0 Å². The Morgan fingerprint density at radius 1 is 1.35 bits per heavy atom. The molecule has 3 rings (SSSR count). The topological polar surface area (TPSA) is 38.1 Å². The molecule has 1 atom stereocenters. The molecule has 3 nitrogen and oxygen atoms in total. The Morgan fingerprint density at radius 3 is 3.00 bits per heavy atom. The Labute approximate surface area is 108 Å². The summed E-state index contributed by atoms with van der Waals surface area (Å²) in [5, 5.41) is 3.38. The molecule has 4 heteroatoms. The Kier molecular flexibility index (Phi) is 2.99. The smallest absolute Gasteiger partial charge is 0.211 e. The molecule has 1 fully saturated rings. The predicted molar refractivity (Wildman–Crippen MR) is 69.6 cm³/mol. The van der Waals surface area contributed by atoms with Gasteiger partial charge in [0.25, 0.3) is 0 Å². The lowest BCUT2D eigenvalue weighted by Crippen LogP contribution is -2.12. The molecular formula is C13H13BrN2O. The van der Waals surface area contributed by atoms with Crippen LogP contribution >= 0.6 is 15.9 Å². The van der Waals surface area contributed by atoms with Gasteiger partial charge in [0.05, 0.1) is 6.04 Å². The fraction of sp³-hybridized carbons (Fsp3) is 0.308. The first kappa shape index (κ1) is 11.0. The van der Waals surface area contributed by atoms with Crippen molar-refractivity contribution in [3.63, 3.8) is 0 Å². The number of rotatable bonds is 2. The zero-order chi connectivity index (χ0) is 11.7. The highest BCUT2D eigenvalue weighted by Gasteiger charge is 2.21. The van der Waals surface area contributed by atoms with Gasteiger partial charge in [0.15, 0.2) is 0 Å². The first-order chi connectivity index (χ1) is 8.34. The van der Waals surface area contributed by atoms with Gasteiger partial charge in [-0.15, -0.1) is 0 Å². The highest BCUT2D eigenvalue weighted by Crippen LogP contribution is 2.30. The minimum absolute atomic E-state index is 0.284. The standard InChI is InChI=1S/C13H13BrN2O/c14-10-5-2-1-4-9(10)12-8-17-13(16-12)11-6-3-7-15-11/h1-2,4-5,8,11,15H,3,6-7H2. The molecule has 0 aliphatic carbocycles. The molecule has 1 N–H and O–H groups in total. The van der Waals surface area contributed by atoms with E-state index in [1.54, 1.807) is 6.26 Å². The van der Waals surface area contributed by atoms with Crippen LogP contribution in [-0.4, -0.2) is 11.5 Å². The predicted octanol–water partition coefficient (Wildman–Crippen LogP) is 3.53. The summed E-state index contributed by atoms with van der Waals surface area (Å²) in [7, 11) is 0. The second-order valence-corrected chi connectivity index (χ2v) is 5.05. The van der Waals surface area contributed by atoms with Crippen LogP contribution in [0.1, 0.15) is 24.8 Å². The summed E-state index contributed by atoms with van der Waals surface area (Å²) in [6.45, 7) is 1.05. The molecule has 1 aromatic heterocycles. The average molecular weight is 293 g/mol. The van der Waals surface area contributed by atoms with Crippen LogP contribution < -0.4 is 5.32 Å². The van der Waals surface area contributed by atoms with Crippen molar-refractivity contribution in [1.82, 2.24) is 10.3 Å². The molecule has 2 aromatic rings. The molecule has 0 radical (unpaired) electrons. The molecule has 0 bridgehead atoms. The molecule has 2 heterocycles. The molecule has 88 valence electrons. The number of halogens is 1. The van der Waals surface area contributed by atoms with Crippen LogP contribution in [0.5, 0.6) is 0 Å². The molecule has 1 aliphatic heterocycles. The van der Waals surface area contributed by atoms with E-state index in [4.69, 9.17) is 4.42 Å². The van der Waals surface area contributed by atoms with Crippen LogP contribution in [0.3, 0.4) is 0 Å². The Morgan fingerprint density at radius 2 is 2.24 bits per heavy atom. The summed E-state index contributed by atoms with van der Waals surface area (Å²) in [5.74, 6) is 0.799. The zero-order valence-corrected chi connectivity index (χ0v) is 10.9. The van der Waals surface area contributed by atoms with Gasteiger partial charge in [-0.3, -0.25) is 0 Å². The van der Waals surface area contributed by atoms with Gasteiger partial charge in [0.2, 0.25) is 5.89 Å². The molecule has 1 aromatic carbocycles. The molecule has 0 amide bonds. The van der Waals surface area contributed by atoms with E-state index in [2.05, 4.69) is 26.2 Å². The molecule has 17 heavy (non-hydrogen) atoms. The maximum Gasteiger partial charge on any atom is 0.211 e. The van der Waals surface area contributed by atoms with Crippen molar-refractivity contribution >= 4 is 15.9 Å². The number of hydrogen-bond donors (Lipinski definition) is 1. The van der Waals surface area contributed by atoms with Gasteiger partial charge in [-0.25, -0.2) is 4.98 Å². The summed E-state index contributed by atoms with van der Waals surface area (Å²) in [6.07, 6.45) is 4.03. The van der Waals surface area contributed by atoms with Gasteiger partial charge < -0.3 is 9.73 Å². The summed E-state index contributed by atoms with van der Waals surface area (Å²) in [5.41, 5.74) is 1.96. The quantitative estimate of drug-likeness (QED) is 0.920. The van der Waals surface area contributed by atoms with E-state index in [1.165, 1.54) is 6.42 Å². The summed E-state index contributed by atoms with van der Waals surface area (Å²) in [4.78, 5) is 4.56. The maximum absolute atomic E-state index is 5.56. The van der Waals surface area contributed by atoms with Crippen molar-refractivity contribution in [2.45, 2.75) is 18.9 Å². The second kappa shape index (κ2) is 4.63. The van der Waals surface area contributed by atoms with Crippen LogP contribution in [0.25, 0.3) is 11.3 Å². The number of oxazole rings is 1. The number of aromatic nitrogens is 1. The lowest BCUT2D eigenvalue weighted by atomic mass is 10.2. The summed E-state index contributed by atoms with van der Waals surface area (Å²) in [6, 6.07) is 8.33. The molecule has 1 unspecified atom stereocenters. The van der Waals surface area contributed by atoms with Gasteiger partial charge >= 0.3 is 0 Å². The Balaban J connectivity index is 1.92. The fourth-order valence-corrected chi connectivity index (χ4v) is 2.62. The lowest BCUT2D eigenvalue weighted by molar-refractivity contribution is 0.429. The third-order valence-corrected chi connectivity index (χ3v) is 3.72. The normalized spacial score (nSPS) is 19.7. The Bertz CT molecular complexity index is 518. The van der Waals surface area contributed by atoms with E-state index >= 15 is 0 Å². The Hall–Kier alpha value is -1.13. The monoisotopic (exact) mass is 292 g/mol. The largest absolute Gasteiger partial charge is 0.447 e. The van der Waals surface area contributed by atoms with Gasteiger partial charge in [-0.1, -0.05) is 34.1 Å². The number of benzene rings is 1. The van der Waals surface area contributed by atoms with E-state index < -0.39 is 0 Å². The minimum Gasteiger partial charge on any atom is -0.447 e. The molecular weight excluding hydrogens is 280 g/mol. The van der Waals surface area contributed by atoms with E-state index in [-0.39, 0.29) is 6.04 Å². The van der Waals surface area contributed by atoms with E-state index in [9.17, 15) is 0 Å². The lowest BCUT2D eigenvalue weighted by Gasteiger charge is -2.03. The van der Waals surface area contributed by atoms with Crippen LogP contribution in [0.15, 0.2) is 39.4 Å². The summed E-state index contributed by atoms with van der Waals surface area (Å²) >= 11 is 3.53. The van der Waals surface area contributed by atoms with Crippen LogP contribution in [0, 0.1) is 0 Å². The van der Waals surface area contributed by atoms with Crippen molar-refractivity contribution in [3.8, 4) is 11.3 Å². The first-order valence-corrected chi connectivity index (χ1v) is 6.57. The molecule has 1 saturated heterocycles. The van der Waals surface area contributed by atoms with Crippen LogP contribution in [0.4, 0.5) is 0 Å². The number of nitrogens with one attached hydrogen (secondary N) is 1. The van der Waals surface area contributed by atoms with E-state index in [1.807, 2.05) is 24.3 Å². The first-order valence-electron chi connectivity index (χ1n) is 5.78. The fourth-order valence-electron chi connectivity index (χ4n) is 2.14. The van der Waals surface area contributed by atoms with Gasteiger partial charge in [-0.05, 0) is 25.5 Å². The molecule has 1 aliphatic rings. The number of hydrogen-bond acceptors (Lipinski definition) is 3. The average Bonchev–Trinajstić information content (AvgIpc) is 3.00. The van der Waals surface area contributed by atoms with E-state index in [0.29, 0.717) is 0 Å². The van der Waals surface area contributed by atoms with E-state index in [0.717, 1.165) is 34.6 Å². The summed E-state index contributed by atoms with van der Waals surface area (Å²) < 4.78 is 6.60. The van der Waals surface area contributed by atoms with Gasteiger partial charge in [-0.2, -0.15) is 0 Å². The third-order valence-electron chi connectivity index (χ3n) is 3.03. The van der Waals surface area contributed by atoms with Crippen LogP contribution in [-0.2, 0) is 0 Å². The number of nitrogens with zero attached hydrogens (tertiary/aromatic N) is 1. The third kappa shape index (κ3) is 2.15.